The van der Waals surface area contributed by atoms with Crippen LogP contribution >= 0.6 is 0 Å². The summed E-state index contributed by atoms with van der Waals surface area (Å²) < 4.78 is 45.1. The number of aliphatic hydroxyl groups is 10. The first-order chi connectivity index (χ1) is 26.1. The molecule has 1 aromatic heterocycles. The highest BCUT2D eigenvalue weighted by Gasteiger charge is 2.48. The Balaban J connectivity index is 1.37. The van der Waals surface area contributed by atoms with Gasteiger partial charge in [0, 0.05) is 11.6 Å². The lowest BCUT2D eigenvalue weighted by atomic mass is 9.98. The second-order valence-electron chi connectivity index (χ2n) is 13.2. The molecule has 0 spiro atoms. The number of hydrogen-bond acceptors (Lipinski definition) is 21. The van der Waals surface area contributed by atoms with Gasteiger partial charge in [-0.05, 0) is 31.2 Å². The molecule has 0 aliphatic carbocycles. The van der Waals surface area contributed by atoms with Crippen LogP contribution in [0.4, 0.5) is 0 Å². The van der Waals surface area contributed by atoms with Gasteiger partial charge in [-0.2, -0.15) is 0 Å². The molecule has 55 heavy (non-hydrogen) atoms. The lowest BCUT2D eigenvalue weighted by Gasteiger charge is -2.42. The number of hydrogen-bond donors (Lipinski definition) is 12. The van der Waals surface area contributed by atoms with Gasteiger partial charge in [0.05, 0.1) is 26.4 Å². The predicted octanol–water partition coefficient (Wildman–Crippen LogP) is -3.91. The Labute approximate surface area is 309 Å². The van der Waals surface area contributed by atoms with Crippen molar-refractivity contribution in [3.05, 3.63) is 40.6 Å². The van der Waals surface area contributed by atoms with Crippen LogP contribution in [0.3, 0.4) is 0 Å². The van der Waals surface area contributed by atoms with Crippen molar-refractivity contribution in [2.75, 3.05) is 20.3 Å². The Morgan fingerprint density at radius 3 is 1.85 bits per heavy atom. The van der Waals surface area contributed by atoms with Crippen LogP contribution in [0.15, 0.2) is 39.5 Å². The van der Waals surface area contributed by atoms with E-state index in [1.54, 1.807) is 0 Å². The molecule has 7 unspecified atom stereocenters. The third-order valence-electron chi connectivity index (χ3n) is 9.59. The van der Waals surface area contributed by atoms with Gasteiger partial charge in [0.25, 0.3) is 0 Å². The van der Waals surface area contributed by atoms with E-state index in [1.807, 2.05) is 0 Å². The number of fused-ring (bicyclic) bond motifs is 1. The van der Waals surface area contributed by atoms with E-state index in [0.717, 1.165) is 13.2 Å². The van der Waals surface area contributed by atoms with Gasteiger partial charge in [-0.3, -0.25) is 4.79 Å². The van der Waals surface area contributed by atoms with E-state index in [9.17, 15) is 66.1 Å². The van der Waals surface area contributed by atoms with Gasteiger partial charge in [-0.1, -0.05) is 0 Å². The molecule has 0 radical (unpaired) electrons. The van der Waals surface area contributed by atoms with Crippen LogP contribution in [0.2, 0.25) is 0 Å². The van der Waals surface area contributed by atoms with Crippen molar-refractivity contribution < 1.29 is 98.9 Å². The highest BCUT2D eigenvalue weighted by molar-refractivity contribution is 5.93. The minimum Gasteiger partial charge on any atom is -0.508 e. The Kier molecular flexibility index (Phi) is 12.1. The van der Waals surface area contributed by atoms with Crippen molar-refractivity contribution in [2.45, 2.75) is 99.0 Å². The van der Waals surface area contributed by atoms with Crippen molar-refractivity contribution >= 4 is 11.0 Å². The minimum atomic E-state index is -2.03. The number of phenolic OH excluding ortho intramolecular Hbond substituents is 2. The average Bonchev–Trinajstić information content (AvgIpc) is 3.16. The summed E-state index contributed by atoms with van der Waals surface area (Å²) in [6.45, 7) is -0.00313. The molecular weight excluding hydrogens is 744 g/mol. The average molecular weight is 787 g/mol. The maximum Gasteiger partial charge on any atom is 0.239 e. The standard InChI is InChI=1S/C34H42O21/c1-10-18(38)22(42)25(45)32(50-10)49-9-16-20(40)24(44)27(47)34(53-16)55-31-21(41)17-13(37)7-14(51-33-26(46)23(43)19(39)15(8-35)52-33)29(48-2)30(17)54-28(31)11-3-5-12(36)6-4-11/h3-7,10,15-16,18-20,22-27,32-40,42-47H,8-9H2,1-2H3/t10?,15?,16?,18-,19+,20+,22-,23-,24?,25?,26?,27?,32+,33+,34-/m0/s1. The van der Waals surface area contributed by atoms with Crippen molar-refractivity contribution in [1.29, 1.82) is 0 Å². The summed E-state index contributed by atoms with van der Waals surface area (Å²) in [6.07, 6.45) is -25.1. The molecule has 3 aromatic rings. The molecule has 21 heteroatoms. The summed E-state index contributed by atoms with van der Waals surface area (Å²) in [5.41, 5.74) is -1.51. The number of phenols is 2. The molecule has 0 saturated carbocycles. The predicted molar refractivity (Wildman–Crippen MR) is 178 cm³/mol. The lowest BCUT2D eigenvalue weighted by molar-refractivity contribution is -0.318. The zero-order chi connectivity index (χ0) is 40.0. The summed E-state index contributed by atoms with van der Waals surface area (Å²) in [4.78, 5) is 14.3. The first kappa shape index (κ1) is 40.7. The molecule has 3 aliphatic rings. The maximum absolute atomic E-state index is 14.3. The van der Waals surface area contributed by atoms with E-state index in [2.05, 4.69) is 0 Å². The third kappa shape index (κ3) is 7.65. The first-order valence-corrected chi connectivity index (χ1v) is 16.9. The fourth-order valence-corrected chi connectivity index (χ4v) is 6.37. The smallest absolute Gasteiger partial charge is 0.239 e. The van der Waals surface area contributed by atoms with Gasteiger partial charge < -0.3 is 98.9 Å². The number of benzene rings is 2. The topological polar surface area (TPSA) is 338 Å². The molecule has 0 bridgehead atoms. The number of aliphatic hydroxyl groups excluding tert-OH is 10. The molecule has 21 nitrogen and oxygen atoms in total. The molecule has 0 amide bonds. The van der Waals surface area contributed by atoms with E-state index in [1.165, 1.54) is 31.2 Å². The number of ether oxygens (including phenoxy) is 7. The summed E-state index contributed by atoms with van der Waals surface area (Å²) in [7, 11) is 1.14. The summed E-state index contributed by atoms with van der Waals surface area (Å²) in [5.74, 6) is -2.90. The number of aromatic hydroxyl groups is 2. The highest BCUT2D eigenvalue weighted by atomic mass is 16.7. The maximum atomic E-state index is 14.3. The van der Waals surface area contributed by atoms with Crippen LogP contribution in [0.25, 0.3) is 22.3 Å². The zero-order valence-electron chi connectivity index (χ0n) is 29.0. The third-order valence-corrected chi connectivity index (χ3v) is 9.59. The molecule has 3 aliphatic heterocycles. The van der Waals surface area contributed by atoms with Crippen LogP contribution < -0.4 is 19.6 Å². The van der Waals surface area contributed by atoms with Crippen LogP contribution in [0, 0.1) is 0 Å². The molecular formula is C34H42O21. The van der Waals surface area contributed by atoms with Gasteiger partial charge in [-0.15, -0.1) is 0 Å². The SMILES string of the molecule is COc1c(O[C@@H]2OC(CO)[C@@H](O)[C@H](O)C2O)cc(O)c2c(=O)c(O[C@@H]3OC(CO[C@@H]4OC(C)[C@H](O)[C@H](O)C4O)[C@@H](O)C(O)C3O)c(-c3ccc(O)cc3)oc12. The van der Waals surface area contributed by atoms with E-state index < -0.39 is 145 Å². The van der Waals surface area contributed by atoms with Gasteiger partial charge in [0.1, 0.15) is 84.0 Å². The highest BCUT2D eigenvalue weighted by Crippen LogP contribution is 2.45. The van der Waals surface area contributed by atoms with Crippen LogP contribution in [-0.4, -0.2) is 174 Å². The molecule has 15 atom stereocenters. The van der Waals surface area contributed by atoms with E-state index in [-0.39, 0.29) is 17.1 Å². The summed E-state index contributed by atoms with van der Waals surface area (Å²) in [5, 5.41) is 124. The van der Waals surface area contributed by atoms with Gasteiger partial charge in [0.2, 0.25) is 29.5 Å². The fraction of sp³-hybridized carbons (Fsp3) is 0.559. The summed E-state index contributed by atoms with van der Waals surface area (Å²) >= 11 is 0. The fourth-order valence-electron chi connectivity index (χ4n) is 6.37. The number of rotatable bonds is 10. The zero-order valence-corrected chi connectivity index (χ0v) is 29.0. The van der Waals surface area contributed by atoms with Crippen LogP contribution in [0.5, 0.6) is 28.7 Å². The van der Waals surface area contributed by atoms with Gasteiger partial charge >= 0.3 is 0 Å². The quantitative estimate of drug-likeness (QED) is 0.0934. The lowest BCUT2D eigenvalue weighted by Crippen LogP contribution is -2.61. The van der Waals surface area contributed by atoms with Gasteiger partial charge in [-0.25, -0.2) is 0 Å². The largest absolute Gasteiger partial charge is 0.508 e. The number of methoxy groups -OCH3 is 1. The Hall–Kier alpha value is -3.91. The van der Waals surface area contributed by atoms with Crippen molar-refractivity contribution in [3.8, 4) is 40.1 Å². The van der Waals surface area contributed by atoms with Crippen LogP contribution in [-0.2, 0) is 18.9 Å². The summed E-state index contributed by atoms with van der Waals surface area (Å²) in [6, 6.07) is 5.95. The molecule has 304 valence electrons. The van der Waals surface area contributed by atoms with E-state index >= 15 is 0 Å². The molecule has 3 saturated heterocycles. The second kappa shape index (κ2) is 16.3. The first-order valence-electron chi connectivity index (χ1n) is 16.9. The molecule has 6 rings (SSSR count). The molecule has 4 heterocycles. The normalized spacial score (nSPS) is 36.8. The van der Waals surface area contributed by atoms with E-state index in [0.29, 0.717) is 0 Å². The second-order valence-corrected chi connectivity index (χ2v) is 13.2. The van der Waals surface area contributed by atoms with Crippen molar-refractivity contribution in [3.63, 3.8) is 0 Å². The Morgan fingerprint density at radius 1 is 0.673 bits per heavy atom. The van der Waals surface area contributed by atoms with Crippen molar-refractivity contribution in [1.82, 2.24) is 0 Å². The Bertz CT molecular complexity index is 1850. The van der Waals surface area contributed by atoms with Crippen LogP contribution in [0.1, 0.15) is 6.92 Å². The minimum absolute atomic E-state index is 0.0673. The molecule has 12 N–H and O–H groups in total. The monoisotopic (exact) mass is 786 g/mol. The van der Waals surface area contributed by atoms with E-state index in [4.69, 9.17) is 37.6 Å². The van der Waals surface area contributed by atoms with Gasteiger partial charge in [0.15, 0.2) is 23.4 Å². The molecule has 2 aromatic carbocycles. The Morgan fingerprint density at radius 2 is 1.24 bits per heavy atom. The van der Waals surface area contributed by atoms with Crippen molar-refractivity contribution in [2.24, 2.45) is 0 Å². The molecule has 3 fully saturated rings.